The first-order valence-electron chi connectivity index (χ1n) is 8.38. The molecule has 1 saturated carbocycles. The van der Waals surface area contributed by atoms with Gasteiger partial charge in [-0.15, -0.1) is 0 Å². The van der Waals surface area contributed by atoms with E-state index in [-0.39, 0.29) is 31.8 Å². The van der Waals surface area contributed by atoms with E-state index in [0.29, 0.717) is 12.8 Å². The van der Waals surface area contributed by atoms with Gasteiger partial charge in [-0.2, -0.15) is 0 Å². The van der Waals surface area contributed by atoms with E-state index in [1.807, 2.05) is 30.3 Å². The van der Waals surface area contributed by atoms with E-state index in [1.54, 1.807) is 0 Å². The van der Waals surface area contributed by atoms with Crippen molar-refractivity contribution >= 4 is 12.0 Å². The topological polar surface area (TPSA) is 46.6 Å². The number of benzene rings is 1. The molecule has 0 spiro atoms. The van der Waals surface area contributed by atoms with Gasteiger partial charge in [-0.25, -0.2) is 18.5 Å². The molecule has 1 unspecified atom stereocenters. The largest absolute Gasteiger partial charge is 0.446 e. The van der Waals surface area contributed by atoms with Gasteiger partial charge in [-0.05, 0) is 30.9 Å². The second-order valence-corrected chi connectivity index (χ2v) is 6.50. The second-order valence-electron chi connectivity index (χ2n) is 6.50. The Morgan fingerprint density at radius 3 is 2.60 bits per heavy atom. The number of hydrogen-bond donors (Lipinski definition) is 0. The van der Waals surface area contributed by atoms with Gasteiger partial charge < -0.3 is 4.74 Å². The molecular formula is C19H19F2NO3. The van der Waals surface area contributed by atoms with Crippen molar-refractivity contribution in [2.45, 2.75) is 44.1 Å². The van der Waals surface area contributed by atoms with Crippen molar-refractivity contribution in [1.82, 2.24) is 4.90 Å². The third-order valence-electron chi connectivity index (χ3n) is 4.60. The highest BCUT2D eigenvalue weighted by Crippen LogP contribution is 2.37. The second kappa shape index (κ2) is 7.22. The van der Waals surface area contributed by atoms with Crippen LogP contribution < -0.4 is 0 Å². The van der Waals surface area contributed by atoms with Crippen molar-refractivity contribution in [2.75, 3.05) is 6.61 Å². The summed E-state index contributed by atoms with van der Waals surface area (Å²) in [5.74, 6) is 2.68. The van der Waals surface area contributed by atoms with Gasteiger partial charge in [-0.1, -0.05) is 30.0 Å². The Morgan fingerprint density at radius 2 is 1.92 bits per heavy atom. The number of alkyl halides is 2. The van der Waals surface area contributed by atoms with Crippen LogP contribution in [-0.2, 0) is 9.53 Å². The number of halogens is 2. The van der Waals surface area contributed by atoms with Gasteiger partial charge in [0.15, 0.2) is 0 Å². The van der Waals surface area contributed by atoms with Gasteiger partial charge in [0, 0.05) is 24.8 Å². The number of cyclic esters (lactones) is 1. The predicted molar refractivity (Wildman–Crippen MR) is 86.8 cm³/mol. The molecule has 0 bridgehead atoms. The van der Waals surface area contributed by atoms with Gasteiger partial charge in [0.05, 0.1) is 0 Å². The van der Waals surface area contributed by atoms with E-state index < -0.39 is 24.0 Å². The van der Waals surface area contributed by atoms with Gasteiger partial charge in [-0.3, -0.25) is 4.79 Å². The van der Waals surface area contributed by atoms with Crippen LogP contribution in [0.2, 0.25) is 0 Å². The molecule has 1 atom stereocenters. The van der Waals surface area contributed by atoms with Crippen LogP contribution in [0.3, 0.4) is 0 Å². The minimum Gasteiger partial charge on any atom is -0.446 e. The number of hydrogen-bond acceptors (Lipinski definition) is 3. The van der Waals surface area contributed by atoms with Crippen LogP contribution in [0, 0.1) is 17.8 Å². The fourth-order valence-corrected chi connectivity index (χ4v) is 3.14. The lowest BCUT2D eigenvalue weighted by Crippen LogP contribution is -2.39. The Hall–Kier alpha value is -2.42. The van der Waals surface area contributed by atoms with E-state index in [4.69, 9.17) is 4.74 Å². The molecule has 1 aromatic rings. The lowest BCUT2D eigenvalue weighted by Gasteiger charge is -2.28. The zero-order valence-corrected chi connectivity index (χ0v) is 13.7. The molecule has 2 amide bonds. The predicted octanol–water partition coefficient (Wildman–Crippen LogP) is 3.60. The molecule has 1 aliphatic heterocycles. The molecule has 0 aromatic heterocycles. The van der Waals surface area contributed by atoms with Crippen LogP contribution in [0.5, 0.6) is 0 Å². The molecule has 1 saturated heterocycles. The first kappa shape index (κ1) is 17.4. The first-order valence-corrected chi connectivity index (χ1v) is 8.38. The Kier molecular flexibility index (Phi) is 5.03. The maximum Gasteiger partial charge on any atom is 0.417 e. The monoisotopic (exact) mass is 347 g/mol. The molecule has 25 heavy (non-hydrogen) atoms. The lowest BCUT2D eigenvalue weighted by molar-refractivity contribution is -0.130. The highest BCUT2D eigenvalue weighted by Gasteiger charge is 2.40. The molecule has 6 heteroatoms. The van der Waals surface area contributed by atoms with Gasteiger partial charge in [0.1, 0.15) is 12.6 Å². The Bertz CT molecular complexity index is 698. The van der Waals surface area contributed by atoms with Crippen LogP contribution >= 0.6 is 0 Å². The summed E-state index contributed by atoms with van der Waals surface area (Å²) >= 11 is 0. The van der Waals surface area contributed by atoms with Crippen molar-refractivity contribution in [1.29, 1.82) is 0 Å². The number of imide groups is 1. The van der Waals surface area contributed by atoms with Gasteiger partial charge in [0.2, 0.25) is 11.8 Å². The molecule has 1 aliphatic carbocycles. The SMILES string of the molecule is O=C(CC1CCC(F)(F)CC1)N1C(=O)OCC1C#Cc1ccccc1. The summed E-state index contributed by atoms with van der Waals surface area (Å²) in [5.41, 5.74) is 0.781. The third-order valence-corrected chi connectivity index (χ3v) is 4.60. The Balaban J connectivity index is 1.64. The average molecular weight is 347 g/mol. The molecule has 2 aliphatic rings. The summed E-state index contributed by atoms with van der Waals surface area (Å²) in [6.07, 6.45) is -0.448. The summed E-state index contributed by atoms with van der Waals surface area (Å²) in [7, 11) is 0. The van der Waals surface area contributed by atoms with E-state index in [9.17, 15) is 18.4 Å². The van der Waals surface area contributed by atoms with Crippen LogP contribution in [0.1, 0.15) is 37.7 Å². The van der Waals surface area contributed by atoms with E-state index in [0.717, 1.165) is 10.5 Å². The summed E-state index contributed by atoms with van der Waals surface area (Å²) in [5, 5.41) is 0. The van der Waals surface area contributed by atoms with Crippen LogP contribution in [-0.4, -0.2) is 35.5 Å². The molecule has 0 N–H and O–H groups in total. The molecule has 1 heterocycles. The minimum atomic E-state index is -2.63. The van der Waals surface area contributed by atoms with Gasteiger partial charge >= 0.3 is 6.09 Å². The van der Waals surface area contributed by atoms with E-state index >= 15 is 0 Å². The summed E-state index contributed by atoms with van der Waals surface area (Å²) in [6.45, 7) is 0.0349. The quantitative estimate of drug-likeness (QED) is 0.768. The van der Waals surface area contributed by atoms with Crippen LogP contribution in [0.15, 0.2) is 30.3 Å². The van der Waals surface area contributed by atoms with E-state index in [1.165, 1.54) is 0 Å². The fraction of sp³-hybridized carbons (Fsp3) is 0.474. The molecule has 2 fully saturated rings. The zero-order chi connectivity index (χ0) is 17.9. The molecule has 4 nitrogen and oxygen atoms in total. The van der Waals surface area contributed by atoms with Crippen molar-refractivity contribution < 1.29 is 23.1 Å². The molecule has 0 radical (unpaired) electrons. The number of carbonyl (C=O) groups excluding carboxylic acids is 2. The van der Waals surface area contributed by atoms with Crippen molar-refractivity contribution in [2.24, 2.45) is 5.92 Å². The molecule has 132 valence electrons. The van der Waals surface area contributed by atoms with Crippen molar-refractivity contribution in [3.05, 3.63) is 35.9 Å². The standard InChI is InChI=1S/C19H19F2NO3/c20-19(21)10-8-15(9-11-19)12-17(23)22-16(13-25-18(22)24)7-6-14-4-2-1-3-5-14/h1-5,15-16H,8-13H2. The molecule has 1 aromatic carbocycles. The van der Waals surface area contributed by atoms with Crippen LogP contribution in [0.25, 0.3) is 0 Å². The normalized spacial score (nSPS) is 22.9. The highest BCUT2D eigenvalue weighted by atomic mass is 19.3. The number of rotatable bonds is 2. The maximum absolute atomic E-state index is 13.2. The van der Waals surface area contributed by atoms with Crippen LogP contribution in [0.4, 0.5) is 13.6 Å². The minimum absolute atomic E-state index is 0.0349. The summed E-state index contributed by atoms with van der Waals surface area (Å²) in [6, 6.07) is 8.60. The van der Waals surface area contributed by atoms with E-state index in [2.05, 4.69) is 11.8 Å². The number of amides is 2. The number of carbonyl (C=O) groups is 2. The van der Waals surface area contributed by atoms with Gasteiger partial charge in [0.25, 0.3) is 0 Å². The number of ether oxygens (including phenoxy) is 1. The van der Waals surface area contributed by atoms with Crippen molar-refractivity contribution in [3.63, 3.8) is 0 Å². The fourth-order valence-electron chi connectivity index (χ4n) is 3.14. The third kappa shape index (κ3) is 4.36. The zero-order valence-electron chi connectivity index (χ0n) is 13.7. The molecular weight excluding hydrogens is 328 g/mol. The number of nitrogens with zero attached hydrogens (tertiary/aromatic N) is 1. The summed E-state index contributed by atoms with van der Waals surface area (Å²) in [4.78, 5) is 25.4. The average Bonchev–Trinajstić information content (AvgIpc) is 2.96. The van der Waals surface area contributed by atoms with Crippen molar-refractivity contribution in [3.8, 4) is 11.8 Å². The molecule has 3 rings (SSSR count). The smallest absolute Gasteiger partial charge is 0.417 e. The maximum atomic E-state index is 13.2. The highest BCUT2D eigenvalue weighted by molar-refractivity contribution is 5.94. The lowest BCUT2D eigenvalue weighted by atomic mass is 9.84. The first-order chi connectivity index (χ1) is 11.9. The Morgan fingerprint density at radius 1 is 1.24 bits per heavy atom. The summed E-state index contributed by atoms with van der Waals surface area (Å²) < 4.78 is 31.4. The Labute approximate surface area is 145 Å².